The number of carboxylic acids is 1. The van der Waals surface area contributed by atoms with Gasteiger partial charge in [-0.1, -0.05) is 12.1 Å². The van der Waals surface area contributed by atoms with E-state index in [1.165, 1.54) is 0 Å². The maximum Gasteiger partial charge on any atom is 0.306 e. The van der Waals surface area contributed by atoms with E-state index in [1.807, 2.05) is 43.5 Å². The molecule has 1 aliphatic heterocycles. The molecule has 1 aliphatic rings. The van der Waals surface area contributed by atoms with Crippen molar-refractivity contribution in [1.29, 1.82) is 0 Å². The lowest BCUT2D eigenvalue weighted by Gasteiger charge is -2.37. The van der Waals surface area contributed by atoms with Gasteiger partial charge < -0.3 is 14.6 Å². The molecule has 2 heterocycles. The van der Waals surface area contributed by atoms with E-state index in [9.17, 15) is 9.90 Å². The lowest BCUT2D eigenvalue weighted by atomic mass is 9.92. The van der Waals surface area contributed by atoms with E-state index < -0.39 is 5.97 Å². The Balaban J connectivity index is 2.04. The van der Waals surface area contributed by atoms with Crippen molar-refractivity contribution in [3.05, 3.63) is 53.3 Å². The van der Waals surface area contributed by atoms with Crippen LogP contribution in [0, 0.1) is 12.8 Å². The minimum atomic E-state index is -0.713. The Morgan fingerprint density at radius 2 is 1.78 bits per heavy atom. The summed E-state index contributed by atoms with van der Waals surface area (Å²) in [5, 5.41) is 9.32. The number of benzene rings is 1. The fraction of sp³-hybridized carbons (Fsp3) is 0.429. The number of nitrogens with zero attached hydrogens (tertiary/aromatic N) is 2. The SMILES string of the molecule is COc1cccc(OC)c1C(c1ccc(C)cn1)N1CCC(C(=O)O)CC1. The van der Waals surface area contributed by atoms with Gasteiger partial charge in [-0.15, -0.1) is 0 Å². The number of pyridine rings is 1. The van der Waals surface area contributed by atoms with Gasteiger partial charge in [0, 0.05) is 6.20 Å². The van der Waals surface area contributed by atoms with E-state index in [4.69, 9.17) is 9.47 Å². The summed E-state index contributed by atoms with van der Waals surface area (Å²) < 4.78 is 11.3. The quantitative estimate of drug-likeness (QED) is 0.841. The number of carboxylic acid groups (broad SMARTS) is 1. The van der Waals surface area contributed by atoms with E-state index in [1.54, 1.807) is 14.2 Å². The predicted molar refractivity (Wildman–Crippen MR) is 102 cm³/mol. The molecule has 0 radical (unpaired) electrons. The summed E-state index contributed by atoms with van der Waals surface area (Å²) in [5.74, 6) is 0.478. The minimum absolute atomic E-state index is 0.161. The Bertz CT molecular complexity index is 761. The van der Waals surface area contributed by atoms with Crippen LogP contribution in [0.2, 0.25) is 0 Å². The largest absolute Gasteiger partial charge is 0.496 e. The van der Waals surface area contributed by atoms with Crippen LogP contribution in [-0.2, 0) is 4.79 Å². The summed E-state index contributed by atoms with van der Waals surface area (Å²) >= 11 is 0. The second-order valence-electron chi connectivity index (χ2n) is 6.89. The zero-order chi connectivity index (χ0) is 19.4. The van der Waals surface area contributed by atoms with Gasteiger partial charge in [0.25, 0.3) is 0 Å². The molecule has 1 atom stereocenters. The van der Waals surface area contributed by atoms with Gasteiger partial charge in [0.05, 0.1) is 37.4 Å². The van der Waals surface area contributed by atoms with Crippen LogP contribution in [0.15, 0.2) is 36.5 Å². The van der Waals surface area contributed by atoms with Crippen molar-refractivity contribution in [2.75, 3.05) is 27.3 Å². The first-order valence-corrected chi connectivity index (χ1v) is 9.15. The smallest absolute Gasteiger partial charge is 0.306 e. The van der Waals surface area contributed by atoms with E-state index in [2.05, 4.69) is 9.88 Å². The molecular formula is C21H26N2O4. The Hall–Kier alpha value is -2.60. The molecule has 144 valence electrons. The second kappa shape index (κ2) is 8.39. The summed E-state index contributed by atoms with van der Waals surface area (Å²) in [5.41, 5.74) is 2.92. The van der Waals surface area contributed by atoms with Gasteiger partial charge in [-0.3, -0.25) is 14.7 Å². The molecule has 0 bridgehead atoms. The van der Waals surface area contributed by atoms with Crippen LogP contribution < -0.4 is 9.47 Å². The maximum absolute atomic E-state index is 11.3. The molecule has 0 amide bonds. The third kappa shape index (κ3) is 4.06. The van der Waals surface area contributed by atoms with Gasteiger partial charge in [0.15, 0.2) is 0 Å². The van der Waals surface area contributed by atoms with Crippen molar-refractivity contribution in [2.24, 2.45) is 5.92 Å². The topological polar surface area (TPSA) is 71.9 Å². The minimum Gasteiger partial charge on any atom is -0.496 e. The standard InChI is InChI=1S/C21H26N2O4/c1-14-7-8-16(22-13-14)20(23-11-9-15(10-12-23)21(24)25)19-17(26-2)5-4-6-18(19)27-3/h4-8,13,15,20H,9-12H2,1-3H3,(H,24,25). The van der Waals surface area contributed by atoms with Crippen molar-refractivity contribution in [2.45, 2.75) is 25.8 Å². The van der Waals surface area contributed by atoms with E-state index >= 15 is 0 Å². The van der Waals surface area contributed by atoms with Gasteiger partial charge in [-0.25, -0.2) is 0 Å². The average molecular weight is 370 g/mol. The lowest BCUT2D eigenvalue weighted by Crippen LogP contribution is -2.39. The monoisotopic (exact) mass is 370 g/mol. The van der Waals surface area contributed by atoms with Crippen LogP contribution in [0.4, 0.5) is 0 Å². The van der Waals surface area contributed by atoms with Crippen molar-refractivity contribution in [1.82, 2.24) is 9.88 Å². The summed E-state index contributed by atoms with van der Waals surface area (Å²) in [4.78, 5) is 18.3. The molecule has 1 unspecified atom stereocenters. The number of hydrogen-bond donors (Lipinski definition) is 1. The summed E-state index contributed by atoms with van der Waals surface area (Å²) in [6, 6.07) is 9.64. The van der Waals surface area contributed by atoms with Crippen LogP contribution in [0.1, 0.15) is 35.7 Å². The molecule has 0 spiro atoms. The number of aromatic nitrogens is 1. The van der Waals surface area contributed by atoms with Crippen LogP contribution in [0.25, 0.3) is 0 Å². The van der Waals surface area contributed by atoms with Crippen LogP contribution in [-0.4, -0.2) is 48.3 Å². The molecule has 1 N–H and O–H groups in total. The Morgan fingerprint density at radius 1 is 1.15 bits per heavy atom. The molecule has 27 heavy (non-hydrogen) atoms. The van der Waals surface area contributed by atoms with Crippen molar-refractivity contribution < 1.29 is 19.4 Å². The molecule has 1 aromatic carbocycles. The molecule has 6 heteroatoms. The zero-order valence-corrected chi connectivity index (χ0v) is 16.0. The summed E-state index contributed by atoms with van der Waals surface area (Å²) in [7, 11) is 3.29. The van der Waals surface area contributed by atoms with Crippen LogP contribution in [0.5, 0.6) is 11.5 Å². The van der Waals surface area contributed by atoms with Gasteiger partial charge in [0.1, 0.15) is 11.5 Å². The number of aryl methyl sites for hydroxylation is 1. The number of rotatable bonds is 6. The number of carbonyl (C=O) groups is 1. The Kier molecular flexibility index (Phi) is 5.96. The molecule has 6 nitrogen and oxygen atoms in total. The summed E-state index contributed by atoms with van der Waals surface area (Å²) in [6.45, 7) is 3.37. The predicted octanol–water partition coefficient (Wildman–Crippen LogP) is 3.29. The highest BCUT2D eigenvalue weighted by Gasteiger charge is 2.34. The molecule has 3 rings (SSSR count). The van der Waals surface area contributed by atoms with Gasteiger partial charge in [0.2, 0.25) is 0 Å². The first-order chi connectivity index (χ1) is 13.0. The normalized spacial score (nSPS) is 16.7. The van der Waals surface area contributed by atoms with E-state index in [0.29, 0.717) is 25.9 Å². The number of piperidine rings is 1. The van der Waals surface area contributed by atoms with Crippen LogP contribution >= 0.6 is 0 Å². The zero-order valence-electron chi connectivity index (χ0n) is 16.0. The molecular weight excluding hydrogens is 344 g/mol. The maximum atomic E-state index is 11.3. The molecule has 1 aromatic heterocycles. The third-order valence-electron chi connectivity index (χ3n) is 5.20. The molecule has 0 saturated carbocycles. The first kappa shape index (κ1) is 19.2. The molecule has 1 saturated heterocycles. The lowest BCUT2D eigenvalue weighted by molar-refractivity contribution is -0.143. The Labute approximate surface area is 159 Å². The van der Waals surface area contributed by atoms with Crippen molar-refractivity contribution >= 4 is 5.97 Å². The second-order valence-corrected chi connectivity index (χ2v) is 6.89. The van der Waals surface area contributed by atoms with Gasteiger partial charge >= 0.3 is 5.97 Å². The number of methoxy groups -OCH3 is 2. The number of aliphatic carboxylic acids is 1. The highest BCUT2D eigenvalue weighted by atomic mass is 16.5. The van der Waals surface area contributed by atoms with Crippen LogP contribution in [0.3, 0.4) is 0 Å². The molecule has 0 aliphatic carbocycles. The van der Waals surface area contributed by atoms with Crippen molar-refractivity contribution in [3.63, 3.8) is 0 Å². The average Bonchev–Trinajstić information content (AvgIpc) is 2.70. The van der Waals surface area contributed by atoms with E-state index in [0.717, 1.165) is 28.3 Å². The highest BCUT2D eigenvalue weighted by molar-refractivity contribution is 5.70. The third-order valence-corrected chi connectivity index (χ3v) is 5.20. The summed E-state index contributed by atoms with van der Waals surface area (Å²) in [6.07, 6.45) is 3.10. The van der Waals surface area contributed by atoms with Crippen molar-refractivity contribution in [3.8, 4) is 11.5 Å². The fourth-order valence-electron chi connectivity index (χ4n) is 3.71. The molecule has 1 fully saturated rings. The number of ether oxygens (including phenoxy) is 2. The highest BCUT2D eigenvalue weighted by Crippen LogP contribution is 2.41. The first-order valence-electron chi connectivity index (χ1n) is 9.15. The number of likely N-dealkylation sites (tertiary alicyclic amines) is 1. The van der Waals surface area contributed by atoms with Gasteiger partial charge in [-0.05, 0) is 56.6 Å². The molecule has 2 aromatic rings. The fourth-order valence-corrected chi connectivity index (χ4v) is 3.71. The van der Waals surface area contributed by atoms with Gasteiger partial charge in [-0.2, -0.15) is 0 Å². The van der Waals surface area contributed by atoms with E-state index in [-0.39, 0.29) is 12.0 Å². The number of hydrogen-bond acceptors (Lipinski definition) is 5. The Morgan fingerprint density at radius 3 is 2.26 bits per heavy atom.